The number of aliphatic carboxylic acids is 1. The molecule has 0 aliphatic rings. The van der Waals surface area contributed by atoms with Crippen molar-refractivity contribution in [2.24, 2.45) is 5.73 Å². The molecule has 38 heavy (non-hydrogen) atoms. The normalized spacial score (nSPS) is 11.7. The zero-order chi connectivity index (χ0) is 28.8. The van der Waals surface area contributed by atoms with Gasteiger partial charge in [0.2, 0.25) is 11.8 Å². The molecular weight excluding hydrogens is 507 g/mol. The van der Waals surface area contributed by atoms with E-state index in [4.69, 9.17) is 15.6 Å². The zero-order valence-electron chi connectivity index (χ0n) is 21.9. The molecule has 0 saturated heterocycles. The maximum atomic E-state index is 12.6. The highest BCUT2D eigenvalue weighted by Crippen LogP contribution is 2.13. The fourth-order valence-corrected chi connectivity index (χ4v) is 3.10. The number of benzene rings is 1. The third kappa shape index (κ3) is 19.2. The highest BCUT2D eigenvalue weighted by atomic mass is 19.4. The van der Waals surface area contributed by atoms with Crippen LogP contribution >= 0.6 is 0 Å². The van der Waals surface area contributed by atoms with Crippen molar-refractivity contribution in [2.45, 2.75) is 64.1 Å². The Balaban J connectivity index is 0.00000171. The molecule has 1 aromatic rings. The summed E-state index contributed by atoms with van der Waals surface area (Å²) in [6.07, 6.45) is 0.384. The van der Waals surface area contributed by atoms with Crippen LogP contribution in [0.25, 0.3) is 0 Å². The Morgan fingerprint density at radius 1 is 0.921 bits per heavy atom. The fourth-order valence-electron chi connectivity index (χ4n) is 3.10. The second-order valence-electron chi connectivity index (χ2n) is 8.54. The molecule has 0 aromatic heterocycles. The number of amides is 2. The maximum Gasteiger partial charge on any atom is 0.490 e. The first-order chi connectivity index (χ1) is 18.0. The molecule has 0 radical (unpaired) electrons. The van der Waals surface area contributed by atoms with Crippen molar-refractivity contribution in [2.75, 3.05) is 39.3 Å². The molecule has 10 nitrogen and oxygen atoms in total. The molecule has 0 spiro atoms. The summed E-state index contributed by atoms with van der Waals surface area (Å²) >= 11 is 0. The lowest BCUT2D eigenvalue weighted by atomic mass is 10.0. The molecule has 218 valence electrons. The van der Waals surface area contributed by atoms with E-state index in [9.17, 15) is 27.9 Å². The number of hydrogen-bond acceptors (Lipinski definition) is 7. The summed E-state index contributed by atoms with van der Waals surface area (Å²) in [6, 6.07) is 6.08. The van der Waals surface area contributed by atoms with E-state index in [0.29, 0.717) is 19.4 Å². The lowest BCUT2D eigenvalue weighted by Gasteiger charge is -2.19. The smallest absolute Gasteiger partial charge is 0.490 e. The number of halogens is 3. The second kappa shape index (κ2) is 21.1. The second-order valence-corrected chi connectivity index (χ2v) is 8.54. The van der Waals surface area contributed by atoms with Crippen LogP contribution in [-0.2, 0) is 20.8 Å². The summed E-state index contributed by atoms with van der Waals surface area (Å²) in [5, 5.41) is 29.1. The Bertz CT molecular complexity index is 795. The highest BCUT2D eigenvalue weighted by molar-refractivity contribution is 5.87. The number of carbonyl (C=O) groups is 3. The van der Waals surface area contributed by atoms with E-state index < -0.39 is 18.2 Å². The lowest BCUT2D eigenvalue weighted by molar-refractivity contribution is -0.192. The molecule has 1 atom stereocenters. The number of unbranched alkanes of at least 4 members (excludes halogenated alkanes) is 1. The fraction of sp³-hybridized carbons (Fsp3) is 0.640. The quantitative estimate of drug-likeness (QED) is 0.136. The Hall–Kier alpha value is -2.90. The third-order valence-electron chi connectivity index (χ3n) is 5.09. The summed E-state index contributed by atoms with van der Waals surface area (Å²) in [6.45, 7) is 7.10. The van der Waals surface area contributed by atoms with Gasteiger partial charge in [0.15, 0.2) is 0 Å². The Kier molecular flexibility index (Phi) is 19.5. The van der Waals surface area contributed by atoms with E-state index in [-0.39, 0.29) is 17.6 Å². The van der Waals surface area contributed by atoms with Crippen molar-refractivity contribution in [3.8, 4) is 5.75 Å². The number of phenolic OH excluding ortho intramolecular Hbond substituents is 1. The van der Waals surface area contributed by atoms with Crippen LogP contribution in [0.4, 0.5) is 13.2 Å². The van der Waals surface area contributed by atoms with Crippen molar-refractivity contribution in [1.29, 1.82) is 0 Å². The third-order valence-corrected chi connectivity index (χ3v) is 5.09. The predicted molar refractivity (Wildman–Crippen MR) is 139 cm³/mol. The number of hydrogen-bond donors (Lipinski definition) is 7. The molecule has 0 unspecified atom stereocenters. The van der Waals surface area contributed by atoms with Crippen LogP contribution in [0.1, 0.15) is 51.0 Å². The maximum absolute atomic E-state index is 12.6. The van der Waals surface area contributed by atoms with E-state index in [1.807, 2.05) is 6.92 Å². The molecule has 13 heteroatoms. The number of nitrogens with two attached hydrogens (primary N) is 1. The van der Waals surface area contributed by atoms with E-state index in [0.717, 1.165) is 70.4 Å². The Labute approximate surface area is 221 Å². The average molecular weight is 550 g/mol. The molecule has 1 rings (SSSR count). The van der Waals surface area contributed by atoms with Crippen LogP contribution in [0.2, 0.25) is 0 Å². The van der Waals surface area contributed by atoms with Crippen molar-refractivity contribution in [1.82, 2.24) is 21.3 Å². The van der Waals surface area contributed by atoms with Gasteiger partial charge >= 0.3 is 12.1 Å². The van der Waals surface area contributed by atoms with Gasteiger partial charge in [-0.15, -0.1) is 0 Å². The molecule has 0 saturated carbocycles. The van der Waals surface area contributed by atoms with Gasteiger partial charge in [-0.3, -0.25) is 9.59 Å². The lowest BCUT2D eigenvalue weighted by Crippen LogP contribution is -2.48. The molecular formula is C25H42F3N5O5. The van der Waals surface area contributed by atoms with Gasteiger partial charge in [0, 0.05) is 19.4 Å². The molecule has 0 bridgehead atoms. The summed E-state index contributed by atoms with van der Waals surface area (Å²) < 4.78 is 31.7. The summed E-state index contributed by atoms with van der Waals surface area (Å²) in [7, 11) is 0. The van der Waals surface area contributed by atoms with Crippen LogP contribution in [0.15, 0.2) is 24.3 Å². The van der Waals surface area contributed by atoms with Gasteiger partial charge in [-0.1, -0.05) is 19.1 Å². The first kappa shape index (κ1) is 35.1. The number of rotatable bonds is 18. The molecule has 1 aromatic carbocycles. The Morgan fingerprint density at radius 3 is 1.97 bits per heavy atom. The van der Waals surface area contributed by atoms with Crippen LogP contribution in [0.5, 0.6) is 5.75 Å². The van der Waals surface area contributed by atoms with E-state index in [1.165, 1.54) is 0 Å². The van der Waals surface area contributed by atoms with Gasteiger partial charge in [0.05, 0.1) is 0 Å². The first-order valence-corrected chi connectivity index (χ1v) is 12.8. The van der Waals surface area contributed by atoms with Crippen LogP contribution in [0.3, 0.4) is 0 Å². The standard InChI is InChI=1S/C23H41N5O3.C2HF3O2/c1-2-7-22(30)28-21(18-19-8-10-20(29)11-9-19)23(31)27-17-4-3-13-25-15-6-16-26-14-5-12-24;3-2(4,5)1(6)7/h8-11,21,25-26,29H,2-7,12-18,24H2,1H3,(H,27,31)(H,28,30);(H,6,7)/t21-;/m1./s1. The Morgan fingerprint density at radius 2 is 1.45 bits per heavy atom. The van der Waals surface area contributed by atoms with Crippen molar-refractivity contribution < 1.29 is 37.8 Å². The molecule has 8 N–H and O–H groups in total. The predicted octanol–water partition coefficient (Wildman–Crippen LogP) is 1.67. The number of aromatic hydroxyl groups is 1. The molecule has 2 amide bonds. The van der Waals surface area contributed by atoms with Crippen LogP contribution in [-0.4, -0.2) is 79.5 Å². The minimum atomic E-state index is -5.08. The van der Waals surface area contributed by atoms with Gasteiger partial charge in [0.1, 0.15) is 11.8 Å². The first-order valence-electron chi connectivity index (χ1n) is 12.8. The number of carboxylic acid groups (broad SMARTS) is 1. The zero-order valence-corrected chi connectivity index (χ0v) is 21.9. The molecule has 0 aliphatic carbocycles. The van der Waals surface area contributed by atoms with Gasteiger partial charge in [-0.2, -0.15) is 13.2 Å². The molecule has 0 heterocycles. The number of carboxylic acids is 1. The van der Waals surface area contributed by atoms with Crippen LogP contribution in [0, 0.1) is 0 Å². The van der Waals surface area contributed by atoms with E-state index >= 15 is 0 Å². The summed E-state index contributed by atoms with van der Waals surface area (Å²) in [5.74, 6) is -2.87. The number of phenols is 1. The minimum absolute atomic E-state index is 0.122. The summed E-state index contributed by atoms with van der Waals surface area (Å²) in [5.41, 5.74) is 6.34. The van der Waals surface area contributed by atoms with Crippen molar-refractivity contribution in [3.05, 3.63) is 29.8 Å². The minimum Gasteiger partial charge on any atom is -0.508 e. The van der Waals surface area contributed by atoms with Gasteiger partial charge in [0.25, 0.3) is 0 Å². The van der Waals surface area contributed by atoms with E-state index in [1.54, 1.807) is 24.3 Å². The SMILES string of the molecule is CCCC(=O)N[C@H](Cc1ccc(O)cc1)C(=O)NCCCCNCCCNCCCN.O=C(O)C(F)(F)F. The van der Waals surface area contributed by atoms with E-state index in [2.05, 4.69) is 21.3 Å². The summed E-state index contributed by atoms with van der Waals surface area (Å²) in [4.78, 5) is 33.6. The van der Waals surface area contributed by atoms with Crippen LogP contribution < -0.4 is 27.0 Å². The number of alkyl halides is 3. The van der Waals surface area contributed by atoms with Gasteiger partial charge in [-0.25, -0.2) is 4.79 Å². The van der Waals surface area contributed by atoms with Gasteiger partial charge in [-0.05, 0) is 82.5 Å². The van der Waals surface area contributed by atoms with Crippen molar-refractivity contribution in [3.63, 3.8) is 0 Å². The largest absolute Gasteiger partial charge is 0.508 e. The molecule has 0 fully saturated rings. The number of nitrogens with one attached hydrogen (secondary N) is 4. The average Bonchev–Trinajstić information content (AvgIpc) is 2.85. The molecule has 0 aliphatic heterocycles. The monoisotopic (exact) mass is 549 g/mol. The van der Waals surface area contributed by atoms with Crippen molar-refractivity contribution >= 4 is 17.8 Å². The van der Waals surface area contributed by atoms with Gasteiger partial charge < -0.3 is 37.2 Å². The highest BCUT2D eigenvalue weighted by Gasteiger charge is 2.38. The number of carbonyl (C=O) groups excluding carboxylic acids is 2. The topological polar surface area (TPSA) is 166 Å².